The Morgan fingerprint density at radius 2 is 1.92 bits per heavy atom. The number of carbonyl (C=O) groups is 2. The van der Waals surface area contributed by atoms with Crippen LogP contribution in [-0.4, -0.2) is 59.7 Å². The molecule has 1 aliphatic heterocycles. The van der Waals surface area contributed by atoms with Gasteiger partial charge in [0.15, 0.2) is 0 Å². The van der Waals surface area contributed by atoms with E-state index in [0.717, 1.165) is 10.5 Å². The summed E-state index contributed by atoms with van der Waals surface area (Å²) in [4.78, 5) is 24.5. The quantitative estimate of drug-likeness (QED) is 0.532. The summed E-state index contributed by atoms with van der Waals surface area (Å²) >= 11 is 4.20. The number of benzene rings is 1. The van der Waals surface area contributed by atoms with Gasteiger partial charge in [-0.2, -0.15) is 12.6 Å². The Morgan fingerprint density at radius 3 is 2.46 bits per heavy atom. The highest BCUT2D eigenvalue weighted by Crippen LogP contribution is 2.22. The second-order valence-corrected chi connectivity index (χ2v) is 8.30. The van der Waals surface area contributed by atoms with Crippen molar-refractivity contribution in [2.45, 2.75) is 29.5 Å². The molecule has 2 rings (SSSR count). The number of hydrogen-bond acceptors (Lipinski definition) is 5. The highest BCUT2D eigenvalue weighted by Gasteiger charge is 2.39. The first-order valence-electron chi connectivity index (χ1n) is 7.16. The van der Waals surface area contributed by atoms with E-state index in [1.165, 1.54) is 19.2 Å². The molecule has 0 saturated carbocycles. The van der Waals surface area contributed by atoms with Crippen LogP contribution in [0.5, 0.6) is 0 Å². The van der Waals surface area contributed by atoms with Gasteiger partial charge in [0.05, 0.1) is 4.90 Å². The monoisotopic (exact) mass is 373 g/mol. The minimum Gasteiger partial charge on any atom is -0.465 e. The fourth-order valence-electron chi connectivity index (χ4n) is 2.43. The summed E-state index contributed by atoms with van der Waals surface area (Å²) in [5.74, 6) is -0.702. The maximum Gasteiger partial charge on any atom is 0.408 e. The Balaban J connectivity index is 2.13. The summed E-state index contributed by atoms with van der Waals surface area (Å²) in [6.07, 6.45) is -1.02. The van der Waals surface area contributed by atoms with E-state index in [1.54, 1.807) is 12.1 Å². The Kier molecular flexibility index (Phi) is 5.41. The van der Waals surface area contributed by atoms with Gasteiger partial charge in [0.1, 0.15) is 6.04 Å². The third-order valence-electron chi connectivity index (χ3n) is 3.77. The second-order valence-electron chi connectivity index (χ2n) is 5.60. The van der Waals surface area contributed by atoms with Crippen LogP contribution in [0.15, 0.2) is 29.2 Å². The topological polar surface area (TPSA) is 107 Å². The first-order chi connectivity index (χ1) is 11.1. The van der Waals surface area contributed by atoms with E-state index in [-0.39, 0.29) is 23.1 Å². The van der Waals surface area contributed by atoms with Crippen molar-refractivity contribution in [2.24, 2.45) is 0 Å². The second kappa shape index (κ2) is 6.99. The standard InChI is InChI=1S/C14H19N3O5S2/c1-9-3-5-11(6-4-9)24(21,22)16(2)15-13(18)12-7-10(23)8-17(12)14(19)20/h3-6,10,12,23H,7-8H2,1-2H3,(H,15,18)(H,19,20). The molecular formula is C14H19N3O5S2. The molecule has 1 heterocycles. The first-order valence-corrected chi connectivity index (χ1v) is 9.12. The highest BCUT2D eigenvalue weighted by atomic mass is 32.2. The van der Waals surface area contributed by atoms with Gasteiger partial charge in [-0.3, -0.25) is 15.1 Å². The van der Waals surface area contributed by atoms with Crippen LogP contribution >= 0.6 is 12.6 Å². The van der Waals surface area contributed by atoms with Gasteiger partial charge in [-0.15, -0.1) is 4.41 Å². The van der Waals surface area contributed by atoms with Crippen LogP contribution in [0.4, 0.5) is 4.79 Å². The number of amides is 2. The number of thiol groups is 1. The molecule has 8 nitrogen and oxygen atoms in total. The van der Waals surface area contributed by atoms with Crippen molar-refractivity contribution in [3.63, 3.8) is 0 Å². The molecule has 2 unspecified atom stereocenters. The smallest absolute Gasteiger partial charge is 0.408 e. The molecule has 2 N–H and O–H groups in total. The van der Waals surface area contributed by atoms with Gasteiger partial charge in [-0.25, -0.2) is 13.2 Å². The lowest BCUT2D eigenvalue weighted by molar-refractivity contribution is -0.127. The summed E-state index contributed by atoms with van der Waals surface area (Å²) in [7, 11) is -2.72. The van der Waals surface area contributed by atoms with Gasteiger partial charge in [0, 0.05) is 18.8 Å². The van der Waals surface area contributed by atoms with Crippen LogP contribution in [0.1, 0.15) is 12.0 Å². The number of hydrazine groups is 1. The molecule has 24 heavy (non-hydrogen) atoms. The van der Waals surface area contributed by atoms with Crippen molar-refractivity contribution < 1.29 is 23.1 Å². The summed E-state index contributed by atoms with van der Waals surface area (Å²) in [6.45, 7) is 1.95. The van der Waals surface area contributed by atoms with E-state index >= 15 is 0 Å². The van der Waals surface area contributed by atoms with Crippen LogP contribution < -0.4 is 5.43 Å². The number of nitrogens with one attached hydrogen (secondary N) is 1. The molecule has 0 spiro atoms. The van der Waals surface area contributed by atoms with Crippen molar-refractivity contribution in [1.29, 1.82) is 0 Å². The van der Waals surface area contributed by atoms with Gasteiger partial charge in [0.2, 0.25) is 0 Å². The SMILES string of the molecule is Cc1ccc(S(=O)(=O)N(C)NC(=O)C2CC(S)CN2C(=O)O)cc1. The van der Waals surface area contributed by atoms with Crippen LogP contribution in [0.3, 0.4) is 0 Å². The molecule has 0 bridgehead atoms. The number of hydrogen-bond donors (Lipinski definition) is 3. The molecule has 10 heteroatoms. The number of nitrogens with zero attached hydrogens (tertiary/aromatic N) is 2. The highest BCUT2D eigenvalue weighted by molar-refractivity contribution is 7.89. The molecule has 0 aliphatic carbocycles. The molecule has 1 fully saturated rings. The molecule has 132 valence electrons. The average Bonchev–Trinajstić information content (AvgIpc) is 2.90. The largest absolute Gasteiger partial charge is 0.465 e. The van der Waals surface area contributed by atoms with Crippen molar-refractivity contribution in [3.8, 4) is 0 Å². The molecule has 2 atom stereocenters. The van der Waals surface area contributed by atoms with Crippen molar-refractivity contribution in [1.82, 2.24) is 14.7 Å². The third-order valence-corrected chi connectivity index (χ3v) is 5.83. The molecule has 0 radical (unpaired) electrons. The van der Waals surface area contributed by atoms with Gasteiger partial charge in [0.25, 0.3) is 15.9 Å². The van der Waals surface area contributed by atoms with Crippen molar-refractivity contribution >= 4 is 34.7 Å². The minimum atomic E-state index is -3.92. The number of aryl methyl sites for hydroxylation is 1. The number of rotatable bonds is 4. The fraction of sp³-hybridized carbons (Fsp3) is 0.429. The molecule has 1 aliphatic rings. The molecular weight excluding hydrogens is 354 g/mol. The van der Waals surface area contributed by atoms with E-state index < -0.39 is 28.1 Å². The summed E-state index contributed by atoms with van der Waals surface area (Å²) in [5, 5.41) is 8.86. The Morgan fingerprint density at radius 1 is 1.33 bits per heavy atom. The lowest BCUT2D eigenvalue weighted by Gasteiger charge is -2.24. The van der Waals surface area contributed by atoms with Crippen molar-refractivity contribution in [3.05, 3.63) is 29.8 Å². The molecule has 1 saturated heterocycles. The number of carbonyl (C=O) groups excluding carboxylic acids is 1. The van der Waals surface area contributed by atoms with Crippen molar-refractivity contribution in [2.75, 3.05) is 13.6 Å². The average molecular weight is 373 g/mol. The minimum absolute atomic E-state index is 0.0319. The van der Waals surface area contributed by atoms with Crippen LogP contribution in [0.25, 0.3) is 0 Å². The normalized spacial score (nSPS) is 21.1. The van der Waals surface area contributed by atoms with Gasteiger partial charge in [-0.1, -0.05) is 17.7 Å². The van der Waals surface area contributed by atoms with Gasteiger partial charge >= 0.3 is 6.09 Å². The molecule has 0 aromatic heterocycles. The summed E-state index contributed by atoms with van der Waals surface area (Å²) in [5.41, 5.74) is 3.15. The lowest BCUT2D eigenvalue weighted by atomic mass is 10.2. The predicted molar refractivity (Wildman–Crippen MR) is 90.2 cm³/mol. The number of likely N-dealkylation sites (tertiary alicyclic amines) is 1. The van der Waals surface area contributed by atoms with E-state index in [2.05, 4.69) is 18.1 Å². The Bertz CT molecular complexity index is 735. The zero-order chi connectivity index (χ0) is 18.1. The van der Waals surface area contributed by atoms with Crippen LogP contribution in [0.2, 0.25) is 0 Å². The number of sulfonamides is 1. The molecule has 1 aromatic rings. The summed E-state index contributed by atoms with van der Waals surface area (Å²) < 4.78 is 25.6. The Labute approximate surface area is 145 Å². The zero-order valence-corrected chi connectivity index (χ0v) is 14.9. The van der Waals surface area contributed by atoms with E-state index in [1.807, 2.05) is 6.92 Å². The fourth-order valence-corrected chi connectivity index (χ4v) is 3.81. The van der Waals surface area contributed by atoms with Crippen LogP contribution in [-0.2, 0) is 14.8 Å². The van der Waals surface area contributed by atoms with Gasteiger partial charge < -0.3 is 5.11 Å². The predicted octanol–water partition coefficient (Wildman–Crippen LogP) is 0.697. The van der Waals surface area contributed by atoms with Gasteiger partial charge in [-0.05, 0) is 25.5 Å². The lowest BCUT2D eigenvalue weighted by Crippen LogP contribution is -2.51. The Hall–Kier alpha value is -1.78. The zero-order valence-electron chi connectivity index (χ0n) is 13.2. The van der Waals surface area contributed by atoms with E-state index in [0.29, 0.717) is 4.41 Å². The maximum atomic E-state index is 12.4. The molecule has 1 aromatic carbocycles. The summed E-state index contributed by atoms with van der Waals surface area (Å²) in [6, 6.07) is 5.21. The van der Waals surface area contributed by atoms with E-state index in [4.69, 9.17) is 5.11 Å². The van der Waals surface area contributed by atoms with Crippen LogP contribution in [0, 0.1) is 6.92 Å². The molecule has 2 amide bonds. The third kappa shape index (κ3) is 3.82. The van der Waals surface area contributed by atoms with E-state index in [9.17, 15) is 18.0 Å². The maximum absolute atomic E-state index is 12.4. The first kappa shape index (κ1) is 18.6. The number of carboxylic acid groups (broad SMARTS) is 1.